The molecule has 0 unspecified atom stereocenters. The van der Waals surface area contributed by atoms with Crippen molar-refractivity contribution in [2.24, 2.45) is 0 Å². The maximum absolute atomic E-state index is 14.5. The third kappa shape index (κ3) is 6.23. The summed E-state index contributed by atoms with van der Waals surface area (Å²) in [6.07, 6.45) is 2.04. The molecule has 3 rings (SSSR count). The molecule has 0 bridgehead atoms. The molecule has 12 heteroatoms. The molecule has 0 spiro atoms. The zero-order valence-corrected chi connectivity index (χ0v) is 19.7. The summed E-state index contributed by atoms with van der Waals surface area (Å²) in [5.41, 5.74) is -0.696. The Kier molecular flexibility index (Phi) is 8.46. The van der Waals surface area contributed by atoms with Gasteiger partial charge in [-0.2, -0.15) is 13.5 Å². The number of carbonyl (C=O) groups is 1. The number of aromatic nitrogens is 3. The van der Waals surface area contributed by atoms with Crippen molar-refractivity contribution in [3.63, 3.8) is 0 Å². The van der Waals surface area contributed by atoms with Crippen molar-refractivity contribution in [1.29, 1.82) is 0 Å². The summed E-state index contributed by atoms with van der Waals surface area (Å²) in [5.74, 6) is -3.61. The Morgan fingerprint density at radius 2 is 2.00 bits per heavy atom. The Morgan fingerprint density at radius 3 is 2.74 bits per heavy atom. The molecule has 1 aromatic carbocycles. The third-order valence-corrected chi connectivity index (χ3v) is 6.03. The van der Waals surface area contributed by atoms with E-state index in [1.54, 1.807) is 11.8 Å². The largest absolute Gasteiger partial charge is 0.618 e. The van der Waals surface area contributed by atoms with Crippen LogP contribution in [0.25, 0.3) is 0 Å². The molecule has 0 aliphatic carbocycles. The van der Waals surface area contributed by atoms with E-state index in [1.807, 2.05) is 31.2 Å². The number of carbonyl (C=O) groups excluding carboxylic acids is 1. The minimum atomic E-state index is -3.58. The van der Waals surface area contributed by atoms with Crippen LogP contribution < -0.4 is 20.9 Å². The van der Waals surface area contributed by atoms with E-state index < -0.39 is 42.0 Å². The molecule has 2 N–H and O–H groups in total. The van der Waals surface area contributed by atoms with Gasteiger partial charge in [0.2, 0.25) is 5.91 Å². The Bertz CT molecular complexity index is 1230. The molecule has 0 fully saturated rings. The smallest absolute Gasteiger partial charge is 0.347 e. The van der Waals surface area contributed by atoms with Gasteiger partial charge in [-0.3, -0.25) is 14.2 Å². The van der Waals surface area contributed by atoms with Crippen LogP contribution in [-0.4, -0.2) is 27.8 Å². The number of thioether (sulfide) groups is 1. The molecule has 0 saturated heterocycles. The van der Waals surface area contributed by atoms with Crippen molar-refractivity contribution in [2.45, 2.75) is 30.8 Å². The summed E-state index contributed by atoms with van der Waals surface area (Å²) >= 11 is 7.68. The maximum atomic E-state index is 14.5. The first-order valence-corrected chi connectivity index (χ1v) is 11.6. The zero-order valence-electron chi connectivity index (χ0n) is 18.1. The lowest BCUT2D eigenvalue weighted by Crippen LogP contribution is -2.41. The molecule has 180 valence electrons. The number of nitrogens with zero attached hydrogens (tertiary/aromatic N) is 3. The normalized spacial score (nSPS) is 11.3. The van der Waals surface area contributed by atoms with Crippen LogP contribution in [-0.2, 0) is 23.8 Å². The monoisotopic (exact) mass is 509 g/mol. The fraction of sp³-hybridized carbons (Fsp3) is 0.273. The zero-order chi connectivity index (χ0) is 24.7. The Hall–Kier alpha value is -3.18. The highest BCUT2D eigenvalue weighted by molar-refractivity contribution is 7.99. The van der Waals surface area contributed by atoms with E-state index in [4.69, 9.17) is 11.6 Å². The van der Waals surface area contributed by atoms with Crippen LogP contribution in [0, 0.1) is 5.21 Å². The fourth-order valence-corrected chi connectivity index (χ4v) is 4.07. The second kappa shape index (κ2) is 11.3. The number of hydrogen-bond acceptors (Lipinski definition) is 6. The summed E-state index contributed by atoms with van der Waals surface area (Å²) in [6.45, 7) is 0.801. The Labute approximate surface area is 203 Å². The number of pyridine rings is 1. The van der Waals surface area contributed by atoms with Gasteiger partial charge in [0.15, 0.2) is 12.0 Å². The van der Waals surface area contributed by atoms with E-state index in [9.17, 15) is 23.6 Å². The second-order valence-electron chi connectivity index (χ2n) is 7.11. The summed E-state index contributed by atoms with van der Waals surface area (Å²) in [5, 5.41) is 16.5. The lowest BCUT2D eigenvalue weighted by molar-refractivity contribution is -0.624. The van der Waals surface area contributed by atoms with E-state index in [0.29, 0.717) is 0 Å². The summed E-state index contributed by atoms with van der Waals surface area (Å²) in [6, 6.07) is 11.2. The Balaban J connectivity index is 1.69. The molecule has 1 amide bonds. The lowest BCUT2D eigenvalue weighted by atomic mass is 10.2. The van der Waals surface area contributed by atoms with Crippen LogP contribution in [0.1, 0.15) is 18.2 Å². The molecule has 0 aliphatic rings. The minimum absolute atomic E-state index is 0.0523. The Morgan fingerprint density at radius 1 is 1.26 bits per heavy atom. The first-order valence-electron chi connectivity index (χ1n) is 10.3. The second-order valence-corrected chi connectivity index (χ2v) is 8.80. The van der Waals surface area contributed by atoms with Crippen LogP contribution in [0.2, 0.25) is 5.15 Å². The van der Waals surface area contributed by atoms with Gasteiger partial charge in [-0.05, 0) is 23.4 Å². The molecular weight excluding hydrogens is 488 g/mol. The van der Waals surface area contributed by atoms with Gasteiger partial charge < -0.3 is 15.8 Å². The van der Waals surface area contributed by atoms with Crippen molar-refractivity contribution in [3.8, 4) is 0 Å². The van der Waals surface area contributed by atoms with E-state index >= 15 is 0 Å². The highest BCUT2D eigenvalue weighted by Crippen LogP contribution is 2.25. The summed E-state index contributed by atoms with van der Waals surface area (Å²) in [4.78, 5) is 30.0. The number of halogens is 3. The lowest BCUT2D eigenvalue weighted by Gasteiger charge is -2.17. The van der Waals surface area contributed by atoms with E-state index in [-0.39, 0.29) is 16.4 Å². The van der Waals surface area contributed by atoms with Gasteiger partial charge in [0.05, 0.1) is 12.7 Å². The van der Waals surface area contributed by atoms with Gasteiger partial charge in [0.25, 0.3) is 11.3 Å². The SMILES string of the molecule is CCSc1ccccc1CNC(=O)Cn1c(Cl)cnc(NCC(F)(F)c2cccc[n+]2[O-])c1=O. The molecular formula is C22H22ClF2N5O3S. The minimum Gasteiger partial charge on any atom is -0.618 e. The average molecular weight is 510 g/mol. The van der Waals surface area contributed by atoms with Crippen molar-refractivity contribution < 1.29 is 18.3 Å². The predicted octanol–water partition coefficient (Wildman–Crippen LogP) is 3.16. The molecule has 2 aromatic heterocycles. The number of rotatable bonds is 10. The number of nitrogens with one attached hydrogen (secondary N) is 2. The first kappa shape index (κ1) is 25.4. The number of benzene rings is 1. The van der Waals surface area contributed by atoms with Crippen LogP contribution in [0.4, 0.5) is 14.6 Å². The first-order chi connectivity index (χ1) is 16.2. The molecule has 34 heavy (non-hydrogen) atoms. The molecule has 2 heterocycles. The number of amides is 1. The van der Waals surface area contributed by atoms with E-state index in [1.165, 1.54) is 12.1 Å². The standard InChI is InChI=1S/C22H22ClF2N5O3S/c1-2-34-16-8-4-3-7-15(16)11-26-19(31)13-29-18(23)12-27-20(21(29)32)28-14-22(24,25)17-9-5-6-10-30(17)33/h3-10,12H,2,11,13-14H2,1H3,(H,26,31)(H,27,28). The molecule has 3 aromatic rings. The number of hydrogen-bond donors (Lipinski definition) is 2. The van der Waals surface area contributed by atoms with Gasteiger partial charge in [-0.15, -0.1) is 11.8 Å². The molecule has 0 radical (unpaired) electrons. The summed E-state index contributed by atoms with van der Waals surface area (Å²) < 4.78 is 29.9. The van der Waals surface area contributed by atoms with Crippen molar-refractivity contribution in [1.82, 2.24) is 14.9 Å². The number of alkyl halides is 2. The van der Waals surface area contributed by atoms with Crippen molar-refractivity contribution in [2.75, 3.05) is 17.6 Å². The third-order valence-electron chi connectivity index (χ3n) is 4.73. The number of anilines is 1. The molecule has 0 aliphatic heterocycles. The van der Waals surface area contributed by atoms with Crippen LogP contribution >= 0.6 is 23.4 Å². The topological polar surface area (TPSA) is 103 Å². The van der Waals surface area contributed by atoms with Crippen molar-refractivity contribution >= 4 is 35.1 Å². The maximum Gasteiger partial charge on any atom is 0.347 e. The van der Waals surface area contributed by atoms with Gasteiger partial charge in [0.1, 0.15) is 11.7 Å². The summed E-state index contributed by atoms with van der Waals surface area (Å²) in [7, 11) is 0. The van der Waals surface area contributed by atoms with Crippen molar-refractivity contribution in [3.05, 3.63) is 86.8 Å². The van der Waals surface area contributed by atoms with Crippen LogP contribution in [0.5, 0.6) is 0 Å². The van der Waals surface area contributed by atoms with Gasteiger partial charge >= 0.3 is 5.92 Å². The van der Waals surface area contributed by atoms with Gasteiger partial charge in [-0.25, -0.2) is 4.98 Å². The molecule has 0 saturated carbocycles. The predicted molar refractivity (Wildman–Crippen MR) is 126 cm³/mol. The fourth-order valence-electron chi connectivity index (χ4n) is 3.07. The van der Waals surface area contributed by atoms with E-state index in [0.717, 1.165) is 39.2 Å². The average Bonchev–Trinajstić information content (AvgIpc) is 2.81. The van der Waals surface area contributed by atoms with Gasteiger partial charge in [-0.1, -0.05) is 36.7 Å². The molecule has 8 nitrogen and oxygen atoms in total. The van der Waals surface area contributed by atoms with Crippen LogP contribution in [0.15, 0.2) is 64.5 Å². The quantitative estimate of drug-likeness (QED) is 0.247. The molecule has 0 atom stereocenters. The highest BCUT2D eigenvalue weighted by Gasteiger charge is 2.39. The van der Waals surface area contributed by atoms with Gasteiger partial charge in [0, 0.05) is 23.6 Å². The van der Waals surface area contributed by atoms with Crippen LogP contribution in [0.3, 0.4) is 0 Å². The highest BCUT2D eigenvalue weighted by atomic mass is 35.5. The van der Waals surface area contributed by atoms with E-state index in [2.05, 4.69) is 15.6 Å².